The molecule has 0 aromatic rings. The fraction of sp³-hybridized carbons (Fsp3) is 0.885. The summed E-state index contributed by atoms with van der Waals surface area (Å²) in [6.45, 7) is 4.70. The van der Waals surface area contributed by atoms with Gasteiger partial charge in [0.2, 0.25) is 0 Å². The standard InChI is InChI=1S/C61H115NO8/c1-6-8-10-12-14-16-18-19-20-21-22-23-24-25-26-27-28-29-30-31-32-33-34-35-36-37-38-39-40-41-42-44-46-48-50-52-59(64)70-57(56-69-61(60(65)66)67-54-53-62(3,4)5)55-68-58(63)51-49-47-45-43-17-15-13-11-9-7-2/h11,13,21-22,57,61H,6-10,12,14-20,23-56H2,1-5H3/b13-11-,22-21-. The van der Waals surface area contributed by atoms with Crippen LogP contribution < -0.4 is 5.11 Å². The molecule has 0 aromatic carbocycles. The van der Waals surface area contributed by atoms with Gasteiger partial charge in [0.25, 0.3) is 0 Å². The molecule has 9 nitrogen and oxygen atoms in total. The Balaban J connectivity index is 3.93. The number of aliphatic carboxylic acids is 1. The van der Waals surface area contributed by atoms with Crippen LogP contribution in [0.2, 0.25) is 0 Å². The average Bonchev–Trinajstić information content (AvgIpc) is 3.33. The number of rotatable bonds is 56. The van der Waals surface area contributed by atoms with Gasteiger partial charge in [-0.05, 0) is 57.8 Å². The van der Waals surface area contributed by atoms with E-state index in [4.69, 9.17) is 18.9 Å². The monoisotopic (exact) mass is 990 g/mol. The molecule has 0 aliphatic rings. The number of unbranched alkanes of at least 4 members (excludes halogenated alkanes) is 37. The Bertz CT molecular complexity index is 1200. The first-order chi connectivity index (χ1) is 34.1. The number of carbonyl (C=O) groups is 3. The molecule has 0 aliphatic carbocycles. The molecular weight excluding hydrogens is 875 g/mol. The zero-order chi connectivity index (χ0) is 51.3. The van der Waals surface area contributed by atoms with Crippen LogP contribution in [0, 0.1) is 0 Å². The Morgan fingerprint density at radius 3 is 1.11 bits per heavy atom. The first-order valence-corrected chi connectivity index (χ1v) is 30.0. The highest BCUT2D eigenvalue weighted by Crippen LogP contribution is 2.17. The van der Waals surface area contributed by atoms with E-state index in [0.717, 1.165) is 64.2 Å². The summed E-state index contributed by atoms with van der Waals surface area (Å²) in [5.41, 5.74) is 0. The minimum Gasteiger partial charge on any atom is -0.545 e. The third-order valence-corrected chi connectivity index (χ3v) is 13.4. The van der Waals surface area contributed by atoms with Crippen molar-refractivity contribution in [3.8, 4) is 0 Å². The fourth-order valence-corrected chi connectivity index (χ4v) is 8.77. The van der Waals surface area contributed by atoms with Crippen LogP contribution in [0.25, 0.3) is 0 Å². The molecule has 0 fully saturated rings. The number of likely N-dealkylation sites (N-methyl/N-ethyl adjacent to an activating group) is 1. The highest BCUT2D eigenvalue weighted by atomic mass is 16.7. The number of carboxylic acid groups (broad SMARTS) is 1. The zero-order valence-corrected chi connectivity index (χ0v) is 46.9. The molecule has 70 heavy (non-hydrogen) atoms. The summed E-state index contributed by atoms with van der Waals surface area (Å²) in [6, 6.07) is 0. The summed E-state index contributed by atoms with van der Waals surface area (Å²) in [5, 5.41) is 11.7. The van der Waals surface area contributed by atoms with Crippen molar-refractivity contribution < 1.29 is 42.9 Å². The summed E-state index contributed by atoms with van der Waals surface area (Å²) in [5.74, 6) is -2.28. The van der Waals surface area contributed by atoms with Gasteiger partial charge in [0.1, 0.15) is 13.2 Å². The maximum Gasteiger partial charge on any atom is 0.306 e. The van der Waals surface area contributed by atoms with Crippen molar-refractivity contribution in [3.63, 3.8) is 0 Å². The van der Waals surface area contributed by atoms with Crippen LogP contribution in [-0.2, 0) is 33.3 Å². The first-order valence-electron chi connectivity index (χ1n) is 30.0. The predicted molar refractivity (Wildman–Crippen MR) is 293 cm³/mol. The zero-order valence-electron chi connectivity index (χ0n) is 46.9. The van der Waals surface area contributed by atoms with E-state index >= 15 is 0 Å². The summed E-state index contributed by atoms with van der Waals surface area (Å²) in [4.78, 5) is 37.1. The maximum atomic E-state index is 12.8. The molecule has 2 unspecified atom stereocenters. The van der Waals surface area contributed by atoms with E-state index < -0.39 is 24.3 Å². The average molecular weight is 991 g/mol. The van der Waals surface area contributed by atoms with Gasteiger partial charge in [0.05, 0.1) is 40.3 Å². The molecule has 0 spiro atoms. The smallest absolute Gasteiger partial charge is 0.306 e. The van der Waals surface area contributed by atoms with Crippen LogP contribution in [0.5, 0.6) is 0 Å². The van der Waals surface area contributed by atoms with E-state index in [0.29, 0.717) is 11.0 Å². The van der Waals surface area contributed by atoms with Crippen LogP contribution in [0.15, 0.2) is 24.3 Å². The van der Waals surface area contributed by atoms with Crippen LogP contribution in [0.1, 0.15) is 290 Å². The molecule has 0 radical (unpaired) electrons. The molecular formula is C61H115NO8. The second-order valence-electron chi connectivity index (χ2n) is 21.6. The topological polar surface area (TPSA) is 111 Å². The van der Waals surface area contributed by atoms with E-state index in [1.54, 1.807) is 0 Å². The van der Waals surface area contributed by atoms with Crippen molar-refractivity contribution in [1.29, 1.82) is 0 Å². The second kappa shape index (κ2) is 53.1. The largest absolute Gasteiger partial charge is 0.545 e. The van der Waals surface area contributed by atoms with Gasteiger partial charge < -0.3 is 33.3 Å². The first kappa shape index (κ1) is 67.8. The van der Waals surface area contributed by atoms with E-state index in [1.165, 1.54) is 199 Å². The molecule has 0 bridgehead atoms. The van der Waals surface area contributed by atoms with Gasteiger partial charge in [-0.2, -0.15) is 0 Å². The van der Waals surface area contributed by atoms with Crippen molar-refractivity contribution in [2.45, 2.75) is 302 Å². The Morgan fingerprint density at radius 2 is 0.757 bits per heavy atom. The number of allylic oxidation sites excluding steroid dienone is 4. The quantitative estimate of drug-likeness (QED) is 0.0195. The lowest BCUT2D eigenvalue weighted by atomic mass is 10.0. The molecule has 412 valence electrons. The van der Waals surface area contributed by atoms with Gasteiger partial charge in [-0.25, -0.2) is 0 Å². The van der Waals surface area contributed by atoms with E-state index in [2.05, 4.69) is 38.2 Å². The summed E-state index contributed by atoms with van der Waals surface area (Å²) in [6.07, 6.45) is 59.9. The van der Waals surface area contributed by atoms with Crippen molar-refractivity contribution in [2.24, 2.45) is 0 Å². The van der Waals surface area contributed by atoms with Crippen LogP contribution >= 0.6 is 0 Å². The molecule has 0 aliphatic heterocycles. The minimum absolute atomic E-state index is 0.149. The molecule has 0 aromatic heterocycles. The fourth-order valence-electron chi connectivity index (χ4n) is 8.77. The highest BCUT2D eigenvalue weighted by molar-refractivity contribution is 5.70. The van der Waals surface area contributed by atoms with Crippen molar-refractivity contribution >= 4 is 17.9 Å². The summed E-state index contributed by atoms with van der Waals surface area (Å²) < 4.78 is 22.6. The van der Waals surface area contributed by atoms with Crippen molar-refractivity contribution in [2.75, 3.05) is 47.5 Å². The van der Waals surface area contributed by atoms with Gasteiger partial charge in [-0.3, -0.25) is 9.59 Å². The molecule has 0 rings (SSSR count). The van der Waals surface area contributed by atoms with E-state index in [-0.39, 0.29) is 38.6 Å². The number of ether oxygens (including phenoxy) is 4. The highest BCUT2D eigenvalue weighted by Gasteiger charge is 2.22. The Hall–Kier alpha value is -2.23. The van der Waals surface area contributed by atoms with Gasteiger partial charge in [-0.15, -0.1) is 0 Å². The van der Waals surface area contributed by atoms with Crippen LogP contribution in [-0.4, -0.2) is 82.3 Å². The van der Waals surface area contributed by atoms with Crippen LogP contribution in [0.3, 0.4) is 0 Å². The Morgan fingerprint density at radius 1 is 0.414 bits per heavy atom. The van der Waals surface area contributed by atoms with Gasteiger partial charge in [-0.1, -0.05) is 244 Å². The van der Waals surface area contributed by atoms with E-state index in [1.807, 2.05) is 21.1 Å². The number of quaternary nitrogens is 1. The third-order valence-electron chi connectivity index (χ3n) is 13.4. The van der Waals surface area contributed by atoms with Gasteiger partial charge >= 0.3 is 11.9 Å². The lowest BCUT2D eigenvalue weighted by Gasteiger charge is -2.26. The minimum atomic E-state index is -1.62. The number of carbonyl (C=O) groups excluding carboxylic acids is 3. The third kappa shape index (κ3) is 53.6. The van der Waals surface area contributed by atoms with Crippen molar-refractivity contribution in [1.82, 2.24) is 0 Å². The molecule has 2 atom stereocenters. The molecule has 0 saturated heterocycles. The number of hydrogen-bond donors (Lipinski definition) is 0. The SMILES string of the molecule is CCC/C=C\CCCCCCCC(=O)OCC(COC(OCC[N+](C)(C)C)C(=O)[O-])OC(=O)CCCCCCCCCCCCCCCCCCCCCCCCC/C=C\CCCCCCCCCC. The van der Waals surface area contributed by atoms with E-state index in [9.17, 15) is 19.5 Å². The number of esters is 2. The molecule has 0 amide bonds. The van der Waals surface area contributed by atoms with Crippen molar-refractivity contribution in [3.05, 3.63) is 24.3 Å². The van der Waals surface area contributed by atoms with Crippen LogP contribution in [0.4, 0.5) is 0 Å². The molecule has 0 N–H and O–H groups in total. The Labute approximate surface area is 433 Å². The number of nitrogens with zero attached hydrogens (tertiary/aromatic N) is 1. The normalized spacial score (nSPS) is 12.9. The number of hydrogen-bond acceptors (Lipinski definition) is 8. The molecule has 0 heterocycles. The molecule has 0 saturated carbocycles. The lowest BCUT2D eigenvalue weighted by Crippen LogP contribution is -2.44. The van der Waals surface area contributed by atoms with Gasteiger partial charge in [0.15, 0.2) is 12.4 Å². The summed E-state index contributed by atoms with van der Waals surface area (Å²) >= 11 is 0. The lowest BCUT2D eigenvalue weighted by molar-refractivity contribution is -0.870. The second-order valence-corrected chi connectivity index (χ2v) is 21.6. The number of carboxylic acids is 1. The maximum absolute atomic E-state index is 12.8. The Kier molecular flexibility index (Phi) is 51.4. The predicted octanol–water partition coefficient (Wildman–Crippen LogP) is 16.2. The van der Waals surface area contributed by atoms with Gasteiger partial charge in [0, 0.05) is 12.8 Å². The summed E-state index contributed by atoms with van der Waals surface area (Å²) in [7, 11) is 5.92. The molecule has 9 heteroatoms.